The summed E-state index contributed by atoms with van der Waals surface area (Å²) in [6, 6.07) is 4.86. The van der Waals surface area contributed by atoms with Crippen molar-refractivity contribution >= 4 is 5.69 Å². The summed E-state index contributed by atoms with van der Waals surface area (Å²) in [6.07, 6.45) is 1.45. The number of halogens is 1. The predicted molar refractivity (Wildman–Crippen MR) is 69.3 cm³/mol. The van der Waals surface area contributed by atoms with Crippen molar-refractivity contribution in [1.82, 2.24) is 0 Å². The van der Waals surface area contributed by atoms with E-state index >= 15 is 0 Å². The van der Waals surface area contributed by atoms with Gasteiger partial charge in [-0.3, -0.25) is 0 Å². The second-order valence-corrected chi connectivity index (χ2v) is 4.80. The van der Waals surface area contributed by atoms with Crippen molar-refractivity contribution < 1.29 is 14.2 Å². The maximum Gasteiger partial charge on any atom is 0.146 e. The van der Waals surface area contributed by atoms with Crippen LogP contribution >= 0.6 is 0 Å². The summed E-state index contributed by atoms with van der Waals surface area (Å²) in [5.41, 5.74) is 1.17. The second kappa shape index (κ2) is 5.67. The van der Waals surface area contributed by atoms with Crippen molar-refractivity contribution in [1.29, 1.82) is 0 Å². The molecule has 3 nitrogen and oxygen atoms in total. The number of anilines is 1. The third kappa shape index (κ3) is 2.65. The highest BCUT2D eigenvalue weighted by molar-refractivity contribution is 5.56. The molecule has 2 rings (SSSR count). The van der Waals surface area contributed by atoms with Crippen LogP contribution < -0.4 is 4.90 Å². The molecule has 0 aromatic heterocycles. The zero-order valence-electron chi connectivity index (χ0n) is 10.9. The Bertz CT molecular complexity index is 409. The van der Waals surface area contributed by atoms with Crippen molar-refractivity contribution in [2.24, 2.45) is 0 Å². The number of aliphatic hydroxyl groups is 1. The fourth-order valence-corrected chi connectivity index (χ4v) is 2.54. The van der Waals surface area contributed by atoms with Gasteiger partial charge < -0.3 is 14.7 Å². The van der Waals surface area contributed by atoms with E-state index < -0.39 is 6.10 Å². The molecule has 1 heterocycles. The van der Waals surface area contributed by atoms with Crippen molar-refractivity contribution in [2.45, 2.75) is 32.0 Å². The second-order valence-electron chi connectivity index (χ2n) is 4.80. The molecule has 0 saturated carbocycles. The van der Waals surface area contributed by atoms with Gasteiger partial charge in [-0.1, -0.05) is 12.1 Å². The third-order valence-corrected chi connectivity index (χ3v) is 3.50. The van der Waals surface area contributed by atoms with E-state index in [0.717, 1.165) is 19.4 Å². The summed E-state index contributed by atoms with van der Waals surface area (Å²) < 4.78 is 19.4. The fourth-order valence-electron chi connectivity index (χ4n) is 2.54. The number of hydrogen-bond acceptors (Lipinski definition) is 3. The number of piperidine rings is 1. The summed E-state index contributed by atoms with van der Waals surface area (Å²) in [4.78, 5) is 1.98. The number of ether oxygens (including phenoxy) is 1. The van der Waals surface area contributed by atoms with Crippen molar-refractivity contribution in [3.8, 4) is 0 Å². The number of hydrogen-bond donors (Lipinski definition) is 1. The quantitative estimate of drug-likeness (QED) is 0.898. The van der Waals surface area contributed by atoms with Gasteiger partial charge in [0, 0.05) is 25.8 Å². The van der Waals surface area contributed by atoms with E-state index in [1.54, 1.807) is 26.2 Å². The molecule has 1 aromatic rings. The van der Waals surface area contributed by atoms with Crippen LogP contribution in [-0.4, -0.2) is 31.4 Å². The van der Waals surface area contributed by atoms with Gasteiger partial charge in [-0.2, -0.15) is 0 Å². The minimum atomic E-state index is -0.668. The van der Waals surface area contributed by atoms with Crippen LogP contribution in [0.1, 0.15) is 31.4 Å². The Morgan fingerprint density at radius 3 is 2.94 bits per heavy atom. The van der Waals surface area contributed by atoms with Crippen LogP contribution in [0.4, 0.5) is 10.1 Å². The number of para-hydroxylation sites is 1. The lowest BCUT2D eigenvalue weighted by Gasteiger charge is -2.35. The van der Waals surface area contributed by atoms with Crippen molar-refractivity contribution in [2.75, 3.05) is 25.1 Å². The maximum atomic E-state index is 14.0. The zero-order valence-corrected chi connectivity index (χ0v) is 10.9. The molecule has 0 spiro atoms. The molecule has 0 radical (unpaired) electrons. The summed E-state index contributed by atoms with van der Waals surface area (Å²) in [6.45, 7) is 3.15. The number of rotatable bonds is 3. The number of aliphatic hydroxyl groups excluding tert-OH is 1. The standard InChI is InChI=1S/C14H20FNO2/c1-10(17)12-6-3-7-13(15)14(12)16-8-4-5-11(9-16)18-2/h3,6-7,10-11,17H,4-5,8-9H2,1-2H3. The zero-order chi connectivity index (χ0) is 13.1. The van der Waals surface area contributed by atoms with Crippen LogP contribution in [0.15, 0.2) is 18.2 Å². The van der Waals surface area contributed by atoms with E-state index in [1.165, 1.54) is 6.07 Å². The minimum absolute atomic E-state index is 0.139. The van der Waals surface area contributed by atoms with Gasteiger partial charge in [0.2, 0.25) is 0 Å². The molecule has 0 amide bonds. The van der Waals surface area contributed by atoms with Crippen LogP contribution in [0.5, 0.6) is 0 Å². The average Bonchev–Trinajstić information content (AvgIpc) is 2.38. The fraction of sp³-hybridized carbons (Fsp3) is 0.571. The SMILES string of the molecule is COC1CCCN(c2c(F)cccc2C(C)O)C1. The molecule has 1 aliphatic rings. The average molecular weight is 253 g/mol. The van der Waals surface area contributed by atoms with Gasteiger partial charge in [-0.25, -0.2) is 4.39 Å². The Morgan fingerprint density at radius 2 is 2.28 bits per heavy atom. The summed E-state index contributed by atoms with van der Waals surface area (Å²) in [5, 5.41) is 9.76. The Balaban J connectivity index is 2.31. The van der Waals surface area contributed by atoms with E-state index in [4.69, 9.17) is 4.74 Å². The van der Waals surface area contributed by atoms with Gasteiger partial charge in [0.1, 0.15) is 5.82 Å². The van der Waals surface area contributed by atoms with Crippen molar-refractivity contribution in [3.63, 3.8) is 0 Å². The lowest BCUT2D eigenvalue weighted by Crippen LogP contribution is -2.40. The molecule has 1 saturated heterocycles. The van der Waals surface area contributed by atoms with Gasteiger partial charge in [0.05, 0.1) is 17.9 Å². The van der Waals surface area contributed by atoms with E-state index in [2.05, 4.69) is 0 Å². The first-order chi connectivity index (χ1) is 8.63. The van der Waals surface area contributed by atoms with Gasteiger partial charge in [-0.05, 0) is 25.8 Å². The number of benzene rings is 1. The molecule has 0 aliphatic carbocycles. The monoisotopic (exact) mass is 253 g/mol. The highest BCUT2D eigenvalue weighted by atomic mass is 19.1. The van der Waals surface area contributed by atoms with Gasteiger partial charge in [0.15, 0.2) is 0 Å². The Hall–Kier alpha value is -1.13. The molecule has 2 unspecified atom stereocenters. The minimum Gasteiger partial charge on any atom is -0.389 e. The smallest absolute Gasteiger partial charge is 0.146 e. The lowest BCUT2D eigenvalue weighted by atomic mass is 10.0. The van der Waals surface area contributed by atoms with E-state index in [1.807, 2.05) is 4.90 Å². The first kappa shape index (κ1) is 13.3. The van der Waals surface area contributed by atoms with Gasteiger partial charge in [0.25, 0.3) is 0 Å². The Morgan fingerprint density at radius 1 is 1.50 bits per heavy atom. The lowest BCUT2D eigenvalue weighted by molar-refractivity contribution is 0.0889. The molecule has 1 N–H and O–H groups in total. The summed E-state index contributed by atoms with van der Waals surface area (Å²) in [7, 11) is 1.69. The summed E-state index contributed by atoms with van der Waals surface area (Å²) >= 11 is 0. The maximum absolute atomic E-state index is 14.0. The number of methoxy groups -OCH3 is 1. The molecule has 0 bridgehead atoms. The van der Waals surface area contributed by atoms with Crippen LogP contribution in [0.25, 0.3) is 0 Å². The molecule has 18 heavy (non-hydrogen) atoms. The topological polar surface area (TPSA) is 32.7 Å². The largest absolute Gasteiger partial charge is 0.389 e. The molecule has 4 heteroatoms. The summed E-state index contributed by atoms with van der Waals surface area (Å²) in [5.74, 6) is -0.273. The number of nitrogens with zero attached hydrogens (tertiary/aromatic N) is 1. The van der Waals surface area contributed by atoms with Crippen LogP contribution in [0, 0.1) is 5.82 Å². The molecule has 1 fully saturated rings. The molecular formula is C14H20FNO2. The Labute approximate surface area is 107 Å². The van der Waals surface area contributed by atoms with Gasteiger partial charge in [-0.15, -0.1) is 0 Å². The first-order valence-corrected chi connectivity index (χ1v) is 6.37. The normalized spacial score (nSPS) is 22.0. The van der Waals surface area contributed by atoms with Crippen LogP contribution in [0.2, 0.25) is 0 Å². The van der Waals surface area contributed by atoms with Gasteiger partial charge >= 0.3 is 0 Å². The molecule has 1 aliphatic heterocycles. The predicted octanol–water partition coefficient (Wildman–Crippen LogP) is 2.49. The van der Waals surface area contributed by atoms with E-state index in [0.29, 0.717) is 17.8 Å². The molecule has 2 atom stereocenters. The first-order valence-electron chi connectivity index (χ1n) is 6.37. The molecule has 100 valence electrons. The van der Waals surface area contributed by atoms with Crippen LogP contribution in [-0.2, 0) is 4.74 Å². The highest BCUT2D eigenvalue weighted by Crippen LogP contribution is 2.31. The van der Waals surface area contributed by atoms with E-state index in [9.17, 15) is 9.50 Å². The van der Waals surface area contributed by atoms with Crippen molar-refractivity contribution in [3.05, 3.63) is 29.6 Å². The Kier molecular flexibility index (Phi) is 4.19. The highest BCUT2D eigenvalue weighted by Gasteiger charge is 2.24. The van der Waals surface area contributed by atoms with E-state index in [-0.39, 0.29) is 11.9 Å². The van der Waals surface area contributed by atoms with Crippen LogP contribution in [0.3, 0.4) is 0 Å². The molecular weight excluding hydrogens is 233 g/mol. The molecule has 1 aromatic carbocycles. The third-order valence-electron chi connectivity index (χ3n) is 3.50.